The van der Waals surface area contributed by atoms with Crippen LogP contribution in [-0.2, 0) is 11.8 Å². The van der Waals surface area contributed by atoms with Crippen molar-refractivity contribution >= 4 is 27.5 Å². The first-order chi connectivity index (χ1) is 9.99. The monoisotopic (exact) mass is 357 g/mol. The van der Waals surface area contributed by atoms with Crippen LogP contribution in [0.3, 0.4) is 0 Å². The molecule has 1 N–H and O–H groups in total. The van der Waals surface area contributed by atoms with E-state index in [-0.39, 0.29) is 11.5 Å². The van der Waals surface area contributed by atoms with Crippen LogP contribution in [0.15, 0.2) is 15.5 Å². The Morgan fingerprint density at radius 3 is 2.67 bits per heavy atom. The van der Waals surface area contributed by atoms with Crippen LogP contribution in [0.25, 0.3) is 0 Å². The van der Waals surface area contributed by atoms with Gasteiger partial charge in [-0.05, 0) is 15.9 Å². The maximum Gasteiger partial charge on any atom is 0.282 e. The fourth-order valence-electron chi connectivity index (χ4n) is 2.27. The molecule has 1 fully saturated rings. The van der Waals surface area contributed by atoms with Crippen LogP contribution < -0.4 is 10.9 Å². The number of rotatable bonds is 4. The lowest BCUT2D eigenvalue weighted by Crippen LogP contribution is -2.49. The standard InChI is InChI=1S/C13H20BrN5O2/c1-10(20)19-7-5-18(6-8-19)4-3-15-11-9-16-17(2)13(21)12(11)14/h9,15H,3-8H2,1-2H3. The van der Waals surface area contributed by atoms with Crippen LogP contribution in [-0.4, -0.2) is 64.8 Å². The summed E-state index contributed by atoms with van der Waals surface area (Å²) in [4.78, 5) is 27.1. The van der Waals surface area contributed by atoms with Crippen molar-refractivity contribution in [2.75, 3.05) is 44.6 Å². The van der Waals surface area contributed by atoms with Gasteiger partial charge in [0.2, 0.25) is 5.91 Å². The highest BCUT2D eigenvalue weighted by molar-refractivity contribution is 9.10. The molecule has 0 aliphatic carbocycles. The molecule has 1 aromatic heterocycles. The molecule has 2 heterocycles. The highest BCUT2D eigenvalue weighted by Gasteiger charge is 2.18. The molecule has 0 saturated carbocycles. The Hall–Kier alpha value is -1.41. The SMILES string of the molecule is CC(=O)N1CCN(CCNc2cnn(C)c(=O)c2Br)CC1. The summed E-state index contributed by atoms with van der Waals surface area (Å²) >= 11 is 3.29. The molecule has 0 unspecified atom stereocenters. The molecule has 0 atom stereocenters. The maximum atomic E-state index is 11.7. The molecule has 116 valence electrons. The summed E-state index contributed by atoms with van der Waals surface area (Å²) in [5, 5.41) is 7.21. The number of nitrogens with one attached hydrogen (secondary N) is 1. The number of piperazine rings is 1. The Kier molecular flexibility index (Phi) is 5.35. The second-order valence-electron chi connectivity index (χ2n) is 5.08. The molecule has 1 aromatic rings. The van der Waals surface area contributed by atoms with Gasteiger partial charge in [0, 0.05) is 53.2 Å². The zero-order valence-electron chi connectivity index (χ0n) is 12.3. The minimum Gasteiger partial charge on any atom is -0.381 e. The third-order valence-corrected chi connectivity index (χ3v) is 4.41. The Morgan fingerprint density at radius 1 is 1.38 bits per heavy atom. The molecular weight excluding hydrogens is 338 g/mol. The summed E-state index contributed by atoms with van der Waals surface area (Å²) in [6.07, 6.45) is 1.64. The number of carbonyl (C=O) groups excluding carboxylic acids is 1. The number of halogens is 1. The number of hydrogen-bond acceptors (Lipinski definition) is 5. The largest absolute Gasteiger partial charge is 0.381 e. The zero-order valence-corrected chi connectivity index (χ0v) is 13.9. The van der Waals surface area contributed by atoms with Gasteiger partial charge in [-0.2, -0.15) is 5.10 Å². The normalized spacial score (nSPS) is 16.0. The summed E-state index contributed by atoms with van der Waals surface area (Å²) in [6, 6.07) is 0. The van der Waals surface area contributed by atoms with E-state index >= 15 is 0 Å². The predicted octanol–water partition coefficient (Wildman–Crippen LogP) is 0.119. The Labute approximate surface area is 132 Å². The minimum absolute atomic E-state index is 0.142. The smallest absolute Gasteiger partial charge is 0.282 e. The van der Waals surface area contributed by atoms with E-state index in [0.717, 1.165) is 39.3 Å². The first-order valence-corrected chi connectivity index (χ1v) is 7.72. The second-order valence-corrected chi connectivity index (χ2v) is 5.87. The molecule has 7 nitrogen and oxygen atoms in total. The lowest BCUT2D eigenvalue weighted by Gasteiger charge is -2.34. The van der Waals surface area contributed by atoms with Gasteiger partial charge >= 0.3 is 0 Å². The van der Waals surface area contributed by atoms with Crippen molar-refractivity contribution < 1.29 is 4.79 Å². The van der Waals surface area contributed by atoms with Crippen molar-refractivity contribution in [1.29, 1.82) is 0 Å². The van der Waals surface area contributed by atoms with E-state index in [1.54, 1.807) is 20.2 Å². The average molecular weight is 358 g/mol. The Morgan fingerprint density at radius 2 is 2.05 bits per heavy atom. The molecule has 8 heteroatoms. The fraction of sp³-hybridized carbons (Fsp3) is 0.615. The van der Waals surface area contributed by atoms with Crippen LogP contribution in [0.2, 0.25) is 0 Å². The van der Waals surface area contributed by atoms with Gasteiger partial charge in [0.15, 0.2) is 0 Å². The molecule has 1 saturated heterocycles. The number of nitrogens with zero attached hydrogens (tertiary/aromatic N) is 4. The van der Waals surface area contributed by atoms with Gasteiger partial charge in [0.1, 0.15) is 4.47 Å². The first-order valence-electron chi connectivity index (χ1n) is 6.92. The molecular formula is C13H20BrN5O2. The quantitative estimate of drug-likeness (QED) is 0.828. The first kappa shape index (κ1) is 16.0. The van der Waals surface area contributed by atoms with Crippen molar-refractivity contribution in [3.8, 4) is 0 Å². The van der Waals surface area contributed by atoms with Gasteiger partial charge < -0.3 is 10.2 Å². The van der Waals surface area contributed by atoms with Gasteiger partial charge in [-0.1, -0.05) is 0 Å². The molecule has 21 heavy (non-hydrogen) atoms. The molecule has 0 bridgehead atoms. The van der Waals surface area contributed by atoms with Crippen molar-refractivity contribution in [1.82, 2.24) is 19.6 Å². The average Bonchev–Trinajstić information content (AvgIpc) is 2.48. The molecule has 0 spiro atoms. The van der Waals surface area contributed by atoms with Gasteiger partial charge in [-0.25, -0.2) is 4.68 Å². The summed E-state index contributed by atoms with van der Waals surface area (Å²) in [5.74, 6) is 0.142. The van der Waals surface area contributed by atoms with E-state index < -0.39 is 0 Å². The lowest BCUT2D eigenvalue weighted by molar-refractivity contribution is -0.130. The molecule has 1 aliphatic rings. The topological polar surface area (TPSA) is 70.5 Å². The molecule has 0 aromatic carbocycles. The molecule has 2 rings (SSSR count). The van der Waals surface area contributed by atoms with Crippen molar-refractivity contribution in [3.05, 3.63) is 21.0 Å². The van der Waals surface area contributed by atoms with E-state index in [2.05, 4.69) is 31.2 Å². The Bertz CT molecular complexity index is 566. The van der Waals surface area contributed by atoms with E-state index in [1.807, 2.05) is 4.90 Å². The van der Waals surface area contributed by atoms with Crippen molar-refractivity contribution in [2.45, 2.75) is 6.92 Å². The lowest BCUT2D eigenvalue weighted by atomic mass is 10.3. The van der Waals surface area contributed by atoms with Crippen molar-refractivity contribution in [2.24, 2.45) is 7.05 Å². The van der Waals surface area contributed by atoms with E-state index in [1.165, 1.54) is 4.68 Å². The predicted molar refractivity (Wildman–Crippen MR) is 84.4 cm³/mol. The zero-order chi connectivity index (χ0) is 15.4. The summed E-state index contributed by atoms with van der Waals surface area (Å²) < 4.78 is 1.79. The summed E-state index contributed by atoms with van der Waals surface area (Å²) in [6.45, 7) is 6.55. The van der Waals surface area contributed by atoms with Crippen LogP contribution >= 0.6 is 15.9 Å². The second kappa shape index (κ2) is 7.04. The minimum atomic E-state index is -0.157. The number of amides is 1. The molecule has 0 radical (unpaired) electrons. The summed E-state index contributed by atoms with van der Waals surface area (Å²) in [7, 11) is 1.62. The van der Waals surface area contributed by atoms with Crippen molar-refractivity contribution in [3.63, 3.8) is 0 Å². The van der Waals surface area contributed by atoms with E-state index in [9.17, 15) is 9.59 Å². The number of hydrogen-bond donors (Lipinski definition) is 1. The van der Waals surface area contributed by atoms with Crippen LogP contribution in [0.1, 0.15) is 6.92 Å². The van der Waals surface area contributed by atoms with Crippen LogP contribution in [0, 0.1) is 0 Å². The third-order valence-electron chi connectivity index (χ3n) is 3.64. The van der Waals surface area contributed by atoms with Crippen LogP contribution in [0.4, 0.5) is 5.69 Å². The number of anilines is 1. The van der Waals surface area contributed by atoms with Gasteiger partial charge in [0.25, 0.3) is 5.56 Å². The third kappa shape index (κ3) is 4.04. The number of aryl methyl sites for hydroxylation is 1. The van der Waals surface area contributed by atoms with Crippen LogP contribution in [0.5, 0.6) is 0 Å². The fourth-order valence-corrected chi connectivity index (χ4v) is 2.77. The molecule has 1 amide bonds. The summed E-state index contributed by atoms with van der Waals surface area (Å²) in [5.41, 5.74) is 0.551. The Balaban J connectivity index is 1.79. The van der Waals surface area contributed by atoms with E-state index in [0.29, 0.717) is 10.2 Å². The highest BCUT2D eigenvalue weighted by atomic mass is 79.9. The van der Waals surface area contributed by atoms with Gasteiger partial charge in [-0.15, -0.1) is 0 Å². The van der Waals surface area contributed by atoms with Gasteiger partial charge in [-0.3, -0.25) is 14.5 Å². The van der Waals surface area contributed by atoms with Gasteiger partial charge in [0.05, 0.1) is 11.9 Å². The number of carbonyl (C=O) groups is 1. The molecule has 1 aliphatic heterocycles. The number of aromatic nitrogens is 2. The maximum absolute atomic E-state index is 11.7. The van der Waals surface area contributed by atoms with E-state index in [4.69, 9.17) is 0 Å². The highest BCUT2D eigenvalue weighted by Crippen LogP contribution is 2.15.